The van der Waals surface area contributed by atoms with E-state index in [2.05, 4.69) is 0 Å². The van der Waals surface area contributed by atoms with Gasteiger partial charge in [0.2, 0.25) is 9.84 Å². The van der Waals surface area contributed by atoms with Gasteiger partial charge in [-0.2, -0.15) is 0 Å². The van der Waals surface area contributed by atoms with Crippen LogP contribution in [0.25, 0.3) is 0 Å². The molecule has 2 aromatic rings. The maximum absolute atomic E-state index is 12.1. The molecule has 76 valence electrons. The number of hydrogen-bond acceptors (Lipinski definition) is 2. The van der Waals surface area contributed by atoms with Gasteiger partial charge in [-0.15, -0.1) is 0 Å². The maximum Gasteiger partial charge on any atom is 0.206 e. The standard InChI is InChI=1S/C12H10O2S/c13-15(14,11-7-3-1-4-8-11)12-9-5-2-6-10-12/h1-10H/i1D,2D. The van der Waals surface area contributed by atoms with Gasteiger partial charge in [-0.25, -0.2) is 8.42 Å². The smallest absolute Gasteiger partial charge is 0.206 e. The Morgan fingerprint density at radius 2 is 1.13 bits per heavy atom. The first kappa shape index (κ1) is 7.65. The van der Waals surface area contributed by atoms with Crippen LogP contribution in [0.3, 0.4) is 0 Å². The van der Waals surface area contributed by atoms with Crippen molar-refractivity contribution in [1.29, 1.82) is 0 Å². The van der Waals surface area contributed by atoms with Gasteiger partial charge in [0, 0.05) is 0 Å². The quantitative estimate of drug-likeness (QED) is 0.779. The van der Waals surface area contributed by atoms with Gasteiger partial charge in [0.15, 0.2) is 0 Å². The average molecular weight is 220 g/mol. The first-order valence-electron chi connectivity index (χ1n) is 5.38. The van der Waals surface area contributed by atoms with Gasteiger partial charge >= 0.3 is 0 Å². The molecular weight excluding hydrogens is 208 g/mol. The number of hydrogen-bond donors (Lipinski definition) is 0. The van der Waals surface area contributed by atoms with Crippen molar-refractivity contribution in [1.82, 2.24) is 0 Å². The Labute approximate surface area is 91.9 Å². The van der Waals surface area contributed by atoms with Gasteiger partial charge in [0.05, 0.1) is 12.5 Å². The maximum atomic E-state index is 12.1. The second-order valence-corrected chi connectivity index (χ2v) is 4.92. The van der Waals surface area contributed by atoms with Crippen molar-refractivity contribution in [3.63, 3.8) is 0 Å². The molecule has 0 fully saturated rings. The third-order valence-corrected chi connectivity index (χ3v) is 3.78. The Balaban J connectivity index is 2.50. The predicted molar refractivity (Wildman–Crippen MR) is 58.3 cm³/mol. The van der Waals surface area contributed by atoms with Crippen molar-refractivity contribution in [3.8, 4) is 0 Å². The third-order valence-electron chi connectivity index (χ3n) is 2.00. The van der Waals surface area contributed by atoms with E-state index in [1.54, 1.807) is 0 Å². The molecule has 2 nitrogen and oxygen atoms in total. The van der Waals surface area contributed by atoms with Crippen LogP contribution in [-0.4, -0.2) is 8.42 Å². The molecule has 0 aromatic heterocycles. The zero-order valence-corrected chi connectivity index (χ0v) is 8.66. The topological polar surface area (TPSA) is 34.1 Å². The Hall–Kier alpha value is -1.61. The summed E-state index contributed by atoms with van der Waals surface area (Å²) < 4.78 is 38.9. The molecule has 2 aromatic carbocycles. The molecule has 0 radical (unpaired) electrons. The van der Waals surface area contributed by atoms with Crippen LogP contribution >= 0.6 is 0 Å². The van der Waals surface area contributed by atoms with Crippen LogP contribution in [0.15, 0.2) is 70.4 Å². The molecule has 0 heterocycles. The SMILES string of the molecule is [2H]c1ccc(S(=O)(=O)c2ccc([2H])cc2)cc1. The molecule has 0 aliphatic rings. The lowest BCUT2D eigenvalue weighted by Crippen LogP contribution is -2.00. The van der Waals surface area contributed by atoms with E-state index in [1.165, 1.54) is 48.5 Å². The lowest BCUT2D eigenvalue weighted by atomic mass is 10.4. The summed E-state index contributed by atoms with van der Waals surface area (Å²) in [4.78, 5) is 0.317. The van der Waals surface area contributed by atoms with E-state index in [1.807, 2.05) is 0 Å². The molecule has 0 bridgehead atoms. The first-order chi connectivity index (χ1) is 8.00. The van der Waals surface area contributed by atoms with E-state index in [9.17, 15) is 8.42 Å². The Kier molecular flexibility index (Phi) is 1.97. The zero-order valence-electron chi connectivity index (χ0n) is 9.84. The van der Waals surface area contributed by atoms with Crippen LogP contribution in [0, 0.1) is 0 Å². The lowest BCUT2D eigenvalue weighted by Gasteiger charge is -2.03. The van der Waals surface area contributed by atoms with E-state index in [0.29, 0.717) is 0 Å². The molecule has 0 saturated heterocycles. The van der Waals surface area contributed by atoms with Crippen molar-refractivity contribution in [2.45, 2.75) is 9.79 Å². The van der Waals surface area contributed by atoms with Gasteiger partial charge in [-0.05, 0) is 24.3 Å². The molecule has 0 spiro atoms. The normalized spacial score (nSPS) is 13.1. The fraction of sp³-hybridized carbons (Fsp3) is 0. The molecule has 0 aliphatic heterocycles. The van der Waals surface area contributed by atoms with Gasteiger partial charge < -0.3 is 0 Å². The average Bonchev–Trinajstić information content (AvgIpc) is 2.30. The van der Waals surface area contributed by atoms with Crippen molar-refractivity contribution in [3.05, 3.63) is 60.6 Å². The fourth-order valence-corrected chi connectivity index (χ4v) is 2.50. The molecule has 0 atom stereocenters. The molecule has 0 unspecified atom stereocenters. The Bertz CT molecular complexity index is 565. The zero-order chi connectivity index (χ0) is 12.5. The number of sulfone groups is 1. The van der Waals surface area contributed by atoms with E-state index < -0.39 is 9.84 Å². The van der Waals surface area contributed by atoms with E-state index in [4.69, 9.17) is 2.74 Å². The fourth-order valence-electron chi connectivity index (χ4n) is 1.24. The molecule has 2 rings (SSSR count). The minimum absolute atomic E-state index is 0.159. The molecule has 0 N–H and O–H groups in total. The molecule has 0 saturated carbocycles. The summed E-state index contributed by atoms with van der Waals surface area (Å²) in [5.41, 5.74) is 0. The monoisotopic (exact) mass is 220 g/mol. The van der Waals surface area contributed by atoms with E-state index >= 15 is 0 Å². The highest BCUT2D eigenvalue weighted by Crippen LogP contribution is 2.19. The summed E-state index contributed by atoms with van der Waals surface area (Å²) in [7, 11) is -3.54. The summed E-state index contributed by atoms with van der Waals surface area (Å²) >= 11 is 0. The number of rotatable bonds is 2. The van der Waals surface area contributed by atoms with Crippen LogP contribution < -0.4 is 0 Å². The van der Waals surface area contributed by atoms with Crippen LogP contribution in [0.2, 0.25) is 0 Å². The lowest BCUT2D eigenvalue weighted by molar-refractivity contribution is 0.596. The molecule has 3 heteroatoms. The summed E-state index contributed by atoms with van der Waals surface area (Å²) in [6.45, 7) is 0. The van der Waals surface area contributed by atoms with Crippen LogP contribution in [0.1, 0.15) is 2.74 Å². The van der Waals surface area contributed by atoms with Crippen LogP contribution in [0.5, 0.6) is 0 Å². The minimum Gasteiger partial charge on any atom is -0.219 e. The second kappa shape index (κ2) is 3.87. The predicted octanol–water partition coefficient (Wildman–Crippen LogP) is 2.52. The molecule has 0 amide bonds. The molecular formula is C12H10O2S. The largest absolute Gasteiger partial charge is 0.219 e. The van der Waals surface area contributed by atoms with E-state index in [-0.39, 0.29) is 21.9 Å². The summed E-state index contributed by atoms with van der Waals surface area (Å²) in [6.07, 6.45) is 0. The number of benzene rings is 2. The van der Waals surface area contributed by atoms with Crippen LogP contribution in [-0.2, 0) is 9.84 Å². The highest BCUT2D eigenvalue weighted by Gasteiger charge is 2.15. The van der Waals surface area contributed by atoms with Crippen molar-refractivity contribution >= 4 is 9.84 Å². The Morgan fingerprint density at radius 3 is 1.47 bits per heavy atom. The minimum atomic E-state index is -3.54. The van der Waals surface area contributed by atoms with Gasteiger partial charge in [-0.1, -0.05) is 36.4 Å². The van der Waals surface area contributed by atoms with Crippen LogP contribution in [0.4, 0.5) is 0 Å². The summed E-state index contributed by atoms with van der Waals surface area (Å²) in [5, 5.41) is 0. The summed E-state index contributed by atoms with van der Waals surface area (Å²) in [6, 6.07) is 11.9. The van der Waals surface area contributed by atoms with Gasteiger partial charge in [0.25, 0.3) is 0 Å². The first-order valence-corrected chi connectivity index (χ1v) is 5.87. The van der Waals surface area contributed by atoms with Crippen molar-refractivity contribution < 1.29 is 11.2 Å². The molecule has 0 aliphatic carbocycles. The second-order valence-electron chi connectivity index (χ2n) is 2.97. The highest BCUT2D eigenvalue weighted by molar-refractivity contribution is 7.91. The van der Waals surface area contributed by atoms with E-state index in [0.717, 1.165) is 0 Å². The van der Waals surface area contributed by atoms with Crippen molar-refractivity contribution in [2.75, 3.05) is 0 Å². The third kappa shape index (κ3) is 1.92. The van der Waals surface area contributed by atoms with Gasteiger partial charge in [0.1, 0.15) is 0 Å². The van der Waals surface area contributed by atoms with Gasteiger partial charge in [-0.3, -0.25) is 0 Å². The van der Waals surface area contributed by atoms with Crippen molar-refractivity contribution in [2.24, 2.45) is 0 Å². The highest BCUT2D eigenvalue weighted by atomic mass is 32.2. The summed E-state index contributed by atoms with van der Waals surface area (Å²) in [5.74, 6) is 0. The Morgan fingerprint density at radius 1 is 0.800 bits per heavy atom. The molecule has 15 heavy (non-hydrogen) atoms.